The van der Waals surface area contributed by atoms with Crippen molar-refractivity contribution in [3.05, 3.63) is 35.8 Å². The molecule has 0 bridgehead atoms. The number of carbonyl (C=O) groups excluding carboxylic acids is 1. The highest BCUT2D eigenvalue weighted by atomic mass is 19.1. The maximum absolute atomic E-state index is 13.4. The van der Waals surface area contributed by atoms with Gasteiger partial charge < -0.3 is 14.2 Å². The summed E-state index contributed by atoms with van der Waals surface area (Å²) in [5.74, 6) is -0.238. The van der Waals surface area contributed by atoms with Gasteiger partial charge in [0.25, 0.3) is 0 Å². The van der Waals surface area contributed by atoms with Crippen LogP contribution in [0.5, 0.6) is 0 Å². The Morgan fingerprint density at radius 1 is 1.24 bits per heavy atom. The highest BCUT2D eigenvalue weighted by Crippen LogP contribution is 2.25. The van der Waals surface area contributed by atoms with Crippen LogP contribution in [0.1, 0.15) is 26.5 Å². The SMILES string of the molecule is CC(C)(C)OC(=O)N1CCn2c(cc3ccc(F)cc32)C1. The van der Waals surface area contributed by atoms with Crippen molar-refractivity contribution in [3.8, 4) is 0 Å². The van der Waals surface area contributed by atoms with Gasteiger partial charge in [-0.2, -0.15) is 0 Å². The van der Waals surface area contributed by atoms with E-state index >= 15 is 0 Å². The largest absolute Gasteiger partial charge is 0.444 e. The van der Waals surface area contributed by atoms with E-state index in [4.69, 9.17) is 4.74 Å². The van der Waals surface area contributed by atoms with Crippen LogP contribution in [0.4, 0.5) is 9.18 Å². The molecular formula is C16H19FN2O2. The minimum atomic E-state index is -0.496. The number of nitrogens with zero attached hydrogens (tertiary/aromatic N) is 2. The summed E-state index contributed by atoms with van der Waals surface area (Å²) in [5.41, 5.74) is 1.39. The Morgan fingerprint density at radius 2 is 2.00 bits per heavy atom. The molecule has 0 saturated carbocycles. The van der Waals surface area contributed by atoms with E-state index in [0.717, 1.165) is 16.6 Å². The van der Waals surface area contributed by atoms with Crippen molar-refractivity contribution in [3.63, 3.8) is 0 Å². The first kappa shape index (κ1) is 13.9. The Labute approximate surface area is 123 Å². The number of aromatic nitrogens is 1. The zero-order valence-electron chi connectivity index (χ0n) is 12.5. The molecule has 0 saturated heterocycles. The third kappa shape index (κ3) is 2.73. The molecule has 5 heteroatoms. The van der Waals surface area contributed by atoms with Gasteiger partial charge >= 0.3 is 6.09 Å². The van der Waals surface area contributed by atoms with Gasteiger partial charge in [0.2, 0.25) is 0 Å². The Morgan fingerprint density at radius 3 is 2.71 bits per heavy atom. The molecule has 1 aliphatic rings. The van der Waals surface area contributed by atoms with E-state index in [1.807, 2.05) is 26.8 Å². The van der Waals surface area contributed by atoms with Gasteiger partial charge in [-0.05, 0) is 45.0 Å². The second kappa shape index (κ2) is 4.76. The van der Waals surface area contributed by atoms with Crippen molar-refractivity contribution in [2.45, 2.75) is 39.5 Å². The van der Waals surface area contributed by atoms with Crippen LogP contribution in [-0.4, -0.2) is 27.7 Å². The van der Waals surface area contributed by atoms with Crippen molar-refractivity contribution in [1.29, 1.82) is 0 Å². The summed E-state index contributed by atoms with van der Waals surface area (Å²) in [6.45, 7) is 7.28. The summed E-state index contributed by atoms with van der Waals surface area (Å²) in [4.78, 5) is 13.8. The molecule has 2 heterocycles. The van der Waals surface area contributed by atoms with E-state index in [0.29, 0.717) is 19.6 Å². The summed E-state index contributed by atoms with van der Waals surface area (Å²) in [5, 5.41) is 0.998. The highest BCUT2D eigenvalue weighted by molar-refractivity contribution is 5.82. The monoisotopic (exact) mass is 290 g/mol. The Bertz CT molecular complexity index is 700. The van der Waals surface area contributed by atoms with E-state index < -0.39 is 5.60 Å². The summed E-state index contributed by atoms with van der Waals surface area (Å²) < 4.78 is 20.8. The van der Waals surface area contributed by atoms with Gasteiger partial charge in [0.05, 0.1) is 12.1 Å². The third-order valence-corrected chi connectivity index (χ3v) is 3.55. The van der Waals surface area contributed by atoms with Crippen LogP contribution >= 0.6 is 0 Å². The van der Waals surface area contributed by atoms with E-state index in [-0.39, 0.29) is 11.9 Å². The number of hydrogen-bond donors (Lipinski definition) is 0. The second-order valence-corrected chi connectivity index (χ2v) is 6.39. The zero-order chi connectivity index (χ0) is 15.2. The molecule has 0 aliphatic carbocycles. The number of fused-ring (bicyclic) bond motifs is 3. The Kier molecular flexibility index (Phi) is 3.15. The molecule has 1 amide bonds. The van der Waals surface area contributed by atoms with Crippen molar-refractivity contribution in [2.24, 2.45) is 0 Å². The third-order valence-electron chi connectivity index (χ3n) is 3.55. The van der Waals surface area contributed by atoms with Crippen molar-refractivity contribution >= 4 is 17.0 Å². The molecule has 0 radical (unpaired) electrons. The highest BCUT2D eigenvalue weighted by Gasteiger charge is 2.26. The second-order valence-electron chi connectivity index (χ2n) is 6.39. The summed E-state index contributed by atoms with van der Waals surface area (Å²) in [6.07, 6.45) is -0.301. The number of amides is 1. The standard InChI is InChI=1S/C16H19FN2O2/c1-16(2,3)21-15(20)18-6-7-19-13(10-18)8-11-4-5-12(17)9-14(11)19/h4-5,8-9H,6-7,10H2,1-3H3. The molecule has 21 heavy (non-hydrogen) atoms. The number of hydrogen-bond acceptors (Lipinski definition) is 2. The normalized spacial score (nSPS) is 15.1. The van der Waals surface area contributed by atoms with Gasteiger partial charge in [0.1, 0.15) is 11.4 Å². The lowest BCUT2D eigenvalue weighted by molar-refractivity contribution is 0.0200. The van der Waals surface area contributed by atoms with Crippen LogP contribution in [0.3, 0.4) is 0 Å². The molecule has 2 aromatic rings. The lowest BCUT2D eigenvalue weighted by Gasteiger charge is -2.31. The number of ether oxygens (including phenoxy) is 1. The molecule has 4 nitrogen and oxygen atoms in total. The van der Waals surface area contributed by atoms with E-state index in [1.165, 1.54) is 6.07 Å². The predicted octanol–water partition coefficient (Wildman–Crippen LogP) is 3.53. The fourth-order valence-electron chi connectivity index (χ4n) is 2.66. The molecule has 0 atom stereocenters. The van der Waals surface area contributed by atoms with Crippen molar-refractivity contribution < 1.29 is 13.9 Å². The van der Waals surface area contributed by atoms with E-state index in [2.05, 4.69) is 4.57 Å². The first-order valence-electron chi connectivity index (χ1n) is 7.09. The van der Waals surface area contributed by atoms with Gasteiger partial charge in [-0.15, -0.1) is 0 Å². The van der Waals surface area contributed by atoms with E-state index in [9.17, 15) is 9.18 Å². The minimum absolute atomic E-state index is 0.238. The molecule has 0 fully saturated rings. The molecule has 0 N–H and O–H groups in total. The van der Waals surface area contributed by atoms with Crippen LogP contribution < -0.4 is 0 Å². The smallest absolute Gasteiger partial charge is 0.410 e. The van der Waals surface area contributed by atoms with E-state index in [1.54, 1.807) is 17.0 Å². The molecule has 0 unspecified atom stereocenters. The topological polar surface area (TPSA) is 34.5 Å². The van der Waals surface area contributed by atoms with Crippen LogP contribution in [0.2, 0.25) is 0 Å². The first-order chi connectivity index (χ1) is 9.83. The van der Waals surface area contributed by atoms with Crippen LogP contribution in [0, 0.1) is 5.82 Å². The Balaban J connectivity index is 1.86. The average Bonchev–Trinajstić information content (AvgIpc) is 2.73. The maximum atomic E-state index is 13.4. The summed E-state index contributed by atoms with van der Waals surface area (Å²) >= 11 is 0. The number of carbonyl (C=O) groups is 1. The summed E-state index contributed by atoms with van der Waals surface area (Å²) in [7, 11) is 0. The maximum Gasteiger partial charge on any atom is 0.410 e. The van der Waals surface area contributed by atoms with Crippen LogP contribution in [0.25, 0.3) is 10.9 Å². The molecule has 3 rings (SSSR count). The average molecular weight is 290 g/mol. The molecule has 1 aromatic heterocycles. The quantitative estimate of drug-likeness (QED) is 0.744. The van der Waals surface area contributed by atoms with Gasteiger partial charge in [-0.25, -0.2) is 9.18 Å². The van der Waals surface area contributed by atoms with Crippen LogP contribution in [0.15, 0.2) is 24.3 Å². The van der Waals surface area contributed by atoms with Gasteiger partial charge in [0, 0.05) is 24.2 Å². The minimum Gasteiger partial charge on any atom is -0.444 e. The molecule has 1 aliphatic heterocycles. The number of benzene rings is 1. The van der Waals surface area contributed by atoms with Gasteiger partial charge in [-0.1, -0.05) is 0 Å². The number of rotatable bonds is 0. The fourth-order valence-corrected chi connectivity index (χ4v) is 2.66. The molecule has 112 valence electrons. The lowest BCUT2D eigenvalue weighted by atomic mass is 10.2. The summed E-state index contributed by atoms with van der Waals surface area (Å²) in [6, 6.07) is 6.78. The molecule has 1 aromatic carbocycles. The van der Waals surface area contributed by atoms with Gasteiger partial charge in [-0.3, -0.25) is 0 Å². The fraction of sp³-hybridized carbons (Fsp3) is 0.438. The van der Waals surface area contributed by atoms with Crippen molar-refractivity contribution in [2.75, 3.05) is 6.54 Å². The zero-order valence-corrected chi connectivity index (χ0v) is 12.5. The van der Waals surface area contributed by atoms with Crippen molar-refractivity contribution in [1.82, 2.24) is 9.47 Å². The molecular weight excluding hydrogens is 271 g/mol. The first-order valence-corrected chi connectivity index (χ1v) is 7.09. The molecule has 0 spiro atoms. The lowest BCUT2D eigenvalue weighted by Crippen LogP contribution is -2.41. The van der Waals surface area contributed by atoms with Crippen LogP contribution in [-0.2, 0) is 17.8 Å². The Hall–Kier alpha value is -2.04. The number of halogens is 1. The predicted molar refractivity (Wildman–Crippen MR) is 78.5 cm³/mol. The van der Waals surface area contributed by atoms with Gasteiger partial charge in [0.15, 0.2) is 0 Å².